The van der Waals surface area contributed by atoms with E-state index in [-0.39, 0.29) is 18.8 Å². The molecule has 4 atom stereocenters. The predicted octanol–water partition coefficient (Wildman–Crippen LogP) is -0.480. The van der Waals surface area contributed by atoms with Gasteiger partial charge in [-0.3, -0.25) is 14.4 Å². The fraction of sp³-hybridized carbons (Fsp3) is 0.818. The molecule has 0 spiro atoms. The Balaban J connectivity index is 5.35. The molecule has 0 fully saturated rings. The molecule has 34 heavy (non-hydrogen) atoms. The van der Waals surface area contributed by atoms with Gasteiger partial charge in [0.05, 0.1) is 6.04 Å². The van der Waals surface area contributed by atoms with E-state index in [0.717, 1.165) is 0 Å². The monoisotopic (exact) mass is 504 g/mol. The van der Waals surface area contributed by atoms with Crippen molar-refractivity contribution in [2.45, 2.75) is 83.0 Å². The second-order valence-electron chi connectivity index (χ2n) is 8.65. The molecule has 0 radical (unpaired) electrons. The van der Waals surface area contributed by atoms with Crippen molar-refractivity contribution in [3.05, 3.63) is 0 Å². The van der Waals surface area contributed by atoms with Crippen LogP contribution in [0, 0.1) is 5.92 Å². The molecule has 12 heteroatoms. The van der Waals surface area contributed by atoms with Crippen molar-refractivity contribution in [1.29, 1.82) is 0 Å². The zero-order valence-electron chi connectivity index (χ0n) is 20.7. The second-order valence-corrected chi connectivity index (χ2v) is 9.63. The average Bonchev–Trinajstić information content (AvgIpc) is 2.78. The summed E-state index contributed by atoms with van der Waals surface area (Å²) in [5.74, 6) is -2.24. The molecule has 0 saturated heterocycles. The Morgan fingerprint density at radius 2 is 1.32 bits per heavy atom. The van der Waals surface area contributed by atoms with E-state index in [1.54, 1.807) is 25.6 Å². The molecule has 0 aromatic rings. The van der Waals surface area contributed by atoms with Gasteiger partial charge >= 0.3 is 5.97 Å². The minimum atomic E-state index is -1.15. The summed E-state index contributed by atoms with van der Waals surface area (Å²) in [7, 11) is 0. The lowest BCUT2D eigenvalue weighted by Gasteiger charge is -2.27. The lowest BCUT2D eigenvalue weighted by atomic mass is 10.0. The van der Waals surface area contributed by atoms with Gasteiger partial charge in [0, 0.05) is 0 Å². The molecule has 0 rings (SSSR count). The number of carboxylic acids is 1. The quantitative estimate of drug-likeness (QED) is 0.113. The standard InChI is InChI=1S/C22H44N6O5S/c1-14(2)18(28-19(29)15(25)10-13-34-3)21(31)26-16(8-4-6-11-23)20(30)27-17(22(32)33)9-5-7-12-24/h14-18H,4-13,23-25H2,1-3H3,(H,26,31)(H,27,30)(H,28,29)(H,32,33)/t15-,16-,17-,18-/m0/s1. The molecule has 3 amide bonds. The van der Waals surface area contributed by atoms with Gasteiger partial charge in [-0.2, -0.15) is 11.8 Å². The number of nitrogens with one attached hydrogen (secondary N) is 3. The first-order chi connectivity index (χ1) is 16.1. The Morgan fingerprint density at radius 1 is 0.794 bits per heavy atom. The number of hydrogen-bond acceptors (Lipinski definition) is 8. The highest BCUT2D eigenvalue weighted by Crippen LogP contribution is 2.09. The number of aliphatic carboxylic acids is 1. The minimum Gasteiger partial charge on any atom is -0.480 e. The van der Waals surface area contributed by atoms with Crippen LogP contribution in [0.25, 0.3) is 0 Å². The lowest BCUT2D eigenvalue weighted by molar-refractivity contribution is -0.142. The third-order valence-electron chi connectivity index (χ3n) is 5.36. The van der Waals surface area contributed by atoms with Gasteiger partial charge in [0.1, 0.15) is 18.1 Å². The number of rotatable bonds is 19. The van der Waals surface area contributed by atoms with Crippen molar-refractivity contribution < 1.29 is 24.3 Å². The maximum Gasteiger partial charge on any atom is 0.326 e. The topological polar surface area (TPSA) is 203 Å². The summed E-state index contributed by atoms with van der Waals surface area (Å²) in [6.45, 7) is 4.41. The van der Waals surface area contributed by atoms with Crippen molar-refractivity contribution in [2.75, 3.05) is 25.1 Å². The zero-order chi connectivity index (χ0) is 26.1. The molecular formula is C22H44N6O5S. The smallest absolute Gasteiger partial charge is 0.326 e. The van der Waals surface area contributed by atoms with E-state index in [1.165, 1.54) is 0 Å². The van der Waals surface area contributed by atoms with Crippen molar-refractivity contribution in [3.8, 4) is 0 Å². The van der Waals surface area contributed by atoms with E-state index in [1.807, 2.05) is 6.26 Å². The number of unbranched alkanes of at least 4 members (excludes halogenated alkanes) is 2. The summed E-state index contributed by atoms with van der Waals surface area (Å²) in [6.07, 6.45) is 5.32. The van der Waals surface area contributed by atoms with Gasteiger partial charge in [-0.05, 0) is 76.0 Å². The highest BCUT2D eigenvalue weighted by Gasteiger charge is 2.31. The Labute approximate surface area is 207 Å². The lowest BCUT2D eigenvalue weighted by Crippen LogP contribution is -2.58. The Kier molecular flexibility index (Phi) is 17.4. The van der Waals surface area contributed by atoms with Gasteiger partial charge in [-0.15, -0.1) is 0 Å². The Bertz CT molecular complexity index is 637. The predicted molar refractivity (Wildman–Crippen MR) is 135 cm³/mol. The van der Waals surface area contributed by atoms with Crippen molar-refractivity contribution in [1.82, 2.24) is 16.0 Å². The summed E-state index contributed by atoms with van der Waals surface area (Å²) >= 11 is 1.57. The first kappa shape index (κ1) is 32.1. The van der Waals surface area contributed by atoms with Crippen molar-refractivity contribution >= 4 is 35.5 Å². The number of carbonyl (C=O) groups excluding carboxylic acids is 3. The number of nitrogens with two attached hydrogens (primary N) is 3. The van der Waals surface area contributed by atoms with Crippen LogP contribution in [0.3, 0.4) is 0 Å². The first-order valence-corrected chi connectivity index (χ1v) is 13.3. The van der Waals surface area contributed by atoms with Gasteiger partial charge in [0.25, 0.3) is 0 Å². The van der Waals surface area contributed by atoms with Gasteiger partial charge in [0.15, 0.2) is 0 Å². The average molecular weight is 505 g/mol. The molecule has 0 heterocycles. The van der Waals surface area contributed by atoms with E-state index in [4.69, 9.17) is 17.2 Å². The molecule has 0 aromatic carbocycles. The van der Waals surface area contributed by atoms with Crippen LogP contribution in [0.15, 0.2) is 0 Å². The number of carbonyl (C=O) groups is 4. The third-order valence-corrected chi connectivity index (χ3v) is 6.00. The highest BCUT2D eigenvalue weighted by molar-refractivity contribution is 7.98. The van der Waals surface area contributed by atoms with E-state index in [2.05, 4.69) is 16.0 Å². The molecule has 11 nitrogen and oxygen atoms in total. The van der Waals surface area contributed by atoms with E-state index < -0.39 is 47.9 Å². The van der Waals surface area contributed by atoms with E-state index in [9.17, 15) is 24.3 Å². The minimum absolute atomic E-state index is 0.236. The molecule has 0 aliphatic rings. The second kappa shape index (κ2) is 18.4. The van der Waals surface area contributed by atoms with Crippen LogP contribution in [-0.2, 0) is 19.2 Å². The highest BCUT2D eigenvalue weighted by atomic mass is 32.2. The Morgan fingerprint density at radius 3 is 1.79 bits per heavy atom. The van der Waals surface area contributed by atoms with Gasteiger partial charge < -0.3 is 38.3 Å². The Hall–Kier alpha value is -1.89. The number of carboxylic acid groups (broad SMARTS) is 1. The van der Waals surface area contributed by atoms with Crippen molar-refractivity contribution in [2.24, 2.45) is 23.1 Å². The van der Waals surface area contributed by atoms with Crippen LogP contribution in [0.5, 0.6) is 0 Å². The van der Waals surface area contributed by atoms with Crippen LogP contribution in [0.1, 0.15) is 58.8 Å². The number of hydrogen-bond donors (Lipinski definition) is 7. The SMILES string of the molecule is CSCC[C@H](N)C(=O)N[C@H](C(=O)N[C@@H](CCCCN)C(=O)N[C@@H](CCCCN)C(=O)O)C(C)C. The first-order valence-electron chi connectivity index (χ1n) is 11.9. The van der Waals surface area contributed by atoms with E-state index >= 15 is 0 Å². The van der Waals surface area contributed by atoms with Crippen LogP contribution >= 0.6 is 11.8 Å². The van der Waals surface area contributed by atoms with Crippen LogP contribution in [0.2, 0.25) is 0 Å². The maximum atomic E-state index is 13.0. The number of thioether (sulfide) groups is 1. The summed E-state index contributed by atoms with van der Waals surface area (Å²) in [4.78, 5) is 50.0. The molecule has 0 aliphatic heterocycles. The normalized spacial score (nSPS) is 14.7. The molecule has 198 valence electrons. The molecule has 0 unspecified atom stereocenters. The molecule has 0 bridgehead atoms. The maximum absolute atomic E-state index is 13.0. The third kappa shape index (κ3) is 13.1. The van der Waals surface area contributed by atoms with E-state index in [0.29, 0.717) is 50.9 Å². The summed E-state index contributed by atoms with van der Waals surface area (Å²) < 4.78 is 0. The molecule has 0 saturated carbocycles. The fourth-order valence-corrected chi connectivity index (χ4v) is 3.71. The molecule has 0 aromatic heterocycles. The largest absolute Gasteiger partial charge is 0.480 e. The van der Waals surface area contributed by atoms with Crippen LogP contribution in [0.4, 0.5) is 0 Å². The molecule has 0 aliphatic carbocycles. The summed E-state index contributed by atoms with van der Waals surface area (Å²) in [5.41, 5.74) is 16.9. The zero-order valence-corrected chi connectivity index (χ0v) is 21.5. The fourth-order valence-electron chi connectivity index (χ4n) is 3.22. The van der Waals surface area contributed by atoms with Crippen molar-refractivity contribution in [3.63, 3.8) is 0 Å². The summed E-state index contributed by atoms with van der Waals surface area (Å²) in [6, 6.07) is -3.67. The van der Waals surface area contributed by atoms with Crippen LogP contribution < -0.4 is 33.2 Å². The molecular weight excluding hydrogens is 460 g/mol. The number of amides is 3. The van der Waals surface area contributed by atoms with Crippen LogP contribution in [-0.4, -0.2) is 78.1 Å². The summed E-state index contributed by atoms with van der Waals surface area (Å²) in [5, 5.41) is 17.4. The molecule has 10 N–H and O–H groups in total. The van der Waals surface area contributed by atoms with Gasteiger partial charge in [-0.1, -0.05) is 13.8 Å². The van der Waals surface area contributed by atoms with Gasteiger partial charge in [-0.25, -0.2) is 4.79 Å². The van der Waals surface area contributed by atoms with Gasteiger partial charge in [0.2, 0.25) is 17.7 Å².